The maximum absolute atomic E-state index is 14.0. The van der Waals surface area contributed by atoms with E-state index in [-0.39, 0.29) is 42.9 Å². The lowest BCUT2D eigenvalue weighted by Gasteiger charge is -2.38. The van der Waals surface area contributed by atoms with Crippen molar-refractivity contribution >= 4 is 18.0 Å². The molecule has 2 aliphatic heterocycles. The first-order valence-electron chi connectivity index (χ1n) is 12.7. The third-order valence-electron chi connectivity index (χ3n) is 6.67. The summed E-state index contributed by atoms with van der Waals surface area (Å²) in [6, 6.07) is 5.77. The fourth-order valence-electron chi connectivity index (χ4n) is 4.97. The minimum atomic E-state index is -1.14. The second-order valence-corrected chi connectivity index (χ2v) is 9.43. The van der Waals surface area contributed by atoms with Crippen molar-refractivity contribution in [3.63, 3.8) is 0 Å². The van der Waals surface area contributed by atoms with Gasteiger partial charge in [-0.25, -0.2) is 14.0 Å². The predicted molar refractivity (Wildman–Crippen MR) is 132 cm³/mol. The van der Waals surface area contributed by atoms with Crippen LogP contribution in [0.25, 0.3) is 0 Å². The second kappa shape index (κ2) is 14.0. The van der Waals surface area contributed by atoms with E-state index in [1.807, 2.05) is 11.9 Å². The van der Waals surface area contributed by atoms with E-state index >= 15 is 0 Å². The van der Waals surface area contributed by atoms with Crippen LogP contribution in [0.15, 0.2) is 24.3 Å². The average molecular weight is 508 g/mol. The van der Waals surface area contributed by atoms with Gasteiger partial charge >= 0.3 is 12.1 Å². The molecule has 200 valence electrons. The van der Waals surface area contributed by atoms with Crippen molar-refractivity contribution in [3.05, 3.63) is 35.6 Å². The molecule has 2 aliphatic rings. The molecule has 1 aromatic rings. The number of carboxylic acid groups (broad SMARTS) is 1. The van der Waals surface area contributed by atoms with Gasteiger partial charge in [-0.2, -0.15) is 0 Å². The van der Waals surface area contributed by atoms with E-state index in [1.54, 1.807) is 17.0 Å². The lowest BCUT2D eigenvalue weighted by atomic mass is 9.88. The standard InChI is InChI=1S/C25H38FN5O5/c1-27-15-21(17-30-11-3-2-9-22(30)32)29-24(33)31-12-5-7-19(16-31)23(36-13-10-28-25(34)35)18-6-4-8-20(26)14-18/h4,6,8,14,19,21,23,27-28H,2-3,5,7,9-13,15-17H2,1H3,(H,29,33)(H,34,35)/t19-,21-,23?/m1/s1. The average Bonchev–Trinajstić information content (AvgIpc) is 2.85. The Kier molecular flexibility index (Phi) is 10.7. The van der Waals surface area contributed by atoms with Gasteiger partial charge in [0, 0.05) is 51.6 Å². The molecule has 0 radical (unpaired) electrons. The van der Waals surface area contributed by atoms with Gasteiger partial charge in [0.1, 0.15) is 5.82 Å². The number of hydrogen-bond donors (Lipinski definition) is 4. The highest BCUT2D eigenvalue weighted by Crippen LogP contribution is 2.33. The number of carbonyl (C=O) groups is 3. The fourth-order valence-corrected chi connectivity index (χ4v) is 4.97. The van der Waals surface area contributed by atoms with Gasteiger partial charge in [-0.15, -0.1) is 0 Å². The van der Waals surface area contributed by atoms with Gasteiger partial charge in [-0.05, 0) is 50.4 Å². The lowest BCUT2D eigenvalue weighted by Crippen LogP contribution is -2.55. The molecule has 2 heterocycles. The van der Waals surface area contributed by atoms with Gasteiger partial charge in [0.05, 0.1) is 18.8 Å². The molecule has 0 saturated carbocycles. The third kappa shape index (κ3) is 8.34. The quantitative estimate of drug-likeness (QED) is 0.341. The van der Waals surface area contributed by atoms with Crippen LogP contribution in [-0.2, 0) is 9.53 Å². The number of benzene rings is 1. The number of rotatable bonds is 11. The Hall–Kier alpha value is -2.92. The highest BCUT2D eigenvalue weighted by atomic mass is 19.1. The van der Waals surface area contributed by atoms with Crippen LogP contribution in [0.5, 0.6) is 0 Å². The molecule has 2 fully saturated rings. The maximum atomic E-state index is 14.0. The van der Waals surface area contributed by atoms with Crippen LogP contribution in [0, 0.1) is 11.7 Å². The largest absolute Gasteiger partial charge is 0.465 e. The summed E-state index contributed by atoms with van der Waals surface area (Å²) < 4.78 is 20.0. The SMILES string of the molecule is CNC[C@H](CN1CCCCC1=O)NC(=O)N1CCC[C@@H](C(OCCNC(=O)O)c2cccc(F)c2)C1. The molecule has 36 heavy (non-hydrogen) atoms. The Morgan fingerprint density at radius 1 is 1.25 bits per heavy atom. The number of likely N-dealkylation sites (tertiary alicyclic amines) is 2. The van der Waals surface area contributed by atoms with E-state index < -0.39 is 12.2 Å². The zero-order valence-corrected chi connectivity index (χ0v) is 20.9. The summed E-state index contributed by atoms with van der Waals surface area (Å²) in [4.78, 5) is 39.8. The minimum absolute atomic E-state index is 0.0810. The highest BCUT2D eigenvalue weighted by Gasteiger charge is 2.32. The highest BCUT2D eigenvalue weighted by molar-refractivity contribution is 5.77. The maximum Gasteiger partial charge on any atom is 0.404 e. The molecule has 1 aromatic carbocycles. The van der Waals surface area contributed by atoms with Gasteiger partial charge in [0.2, 0.25) is 5.91 Å². The summed E-state index contributed by atoms with van der Waals surface area (Å²) in [5.41, 5.74) is 0.661. The van der Waals surface area contributed by atoms with Gasteiger partial charge in [-0.1, -0.05) is 12.1 Å². The molecular formula is C25H38FN5O5. The number of hydrogen-bond acceptors (Lipinski definition) is 5. The molecule has 10 nitrogen and oxygen atoms in total. The Labute approximate surface area is 211 Å². The number of carbonyl (C=O) groups excluding carboxylic acids is 2. The predicted octanol–water partition coefficient (Wildman–Crippen LogP) is 2.17. The van der Waals surface area contributed by atoms with Crippen molar-refractivity contribution in [1.29, 1.82) is 0 Å². The van der Waals surface area contributed by atoms with Gasteiger partial charge in [0.25, 0.3) is 0 Å². The first kappa shape index (κ1) is 27.7. The van der Waals surface area contributed by atoms with Crippen molar-refractivity contribution in [3.8, 4) is 0 Å². The van der Waals surface area contributed by atoms with Crippen LogP contribution >= 0.6 is 0 Å². The zero-order chi connectivity index (χ0) is 25.9. The van der Waals surface area contributed by atoms with Crippen LogP contribution < -0.4 is 16.0 Å². The van der Waals surface area contributed by atoms with E-state index in [0.717, 1.165) is 25.7 Å². The van der Waals surface area contributed by atoms with Crippen molar-refractivity contribution in [1.82, 2.24) is 25.8 Å². The summed E-state index contributed by atoms with van der Waals surface area (Å²) in [6.45, 7) is 2.97. The number of likely N-dealkylation sites (N-methyl/N-ethyl adjacent to an activating group) is 1. The van der Waals surface area contributed by atoms with Crippen LogP contribution in [0.2, 0.25) is 0 Å². The van der Waals surface area contributed by atoms with Gasteiger partial charge in [0.15, 0.2) is 0 Å². The van der Waals surface area contributed by atoms with E-state index in [2.05, 4.69) is 16.0 Å². The molecular weight excluding hydrogens is 469 g/mol. The molecule has 1 unspecified atom stereocenters. The molecule has 2 saturated heterocycles. The Morgan fingerprint density at radius 2 is 2.08 bits per heavy atom. The third-order valence-corrected chi connectivity index (χ3v) is 6.67. The normalized spacial score (nSPS) is 20.1. The summed E-state index contributed by atoms with van der Waals surface area (Å²) in [7, 11) is 1.81. The van der Waals surface area contributed by atoms with Crippen LogP contribution in [0.4, 0.5) is 14.0 Å². The van der Waals surface area contributed by atoms with Crippen molar-refractivity contribution in [2.24, 2.45) is 5.92 Å². The van der Waals surface area contributed by atoms with Crippen molar-refractivity contribution in [2.45, 2.75) is 44.2 Å². The minimum Gasteiger partial charge on any atom is -0.465 e. The number of urea groups is 1. The van der Waals surface area contributed by atoms with Crippen molar-refractivity contribution < 1.29 is 28.6 Å². The Bertz CT molecular complexity index is 888. The lowest BCUT2D eigenvalue weighted by molar-refractivity contribution is -0.133. The van der Waals surface area contributed by atoms with Crippen LogP contribution in [-0.4, -0.2) is 91.9 Å². The first-order chi connectivity index (χ1) is 17.4. The Morgan fingerprint density at radius 3 is 2.81 bits per heavy atom. The fraction of sp³-hybridized carbons (Fsp3) is 0.640. The van der Waals surface area contributed by atoms with Crippen LogP contribution in [0.3, 0.4) is 0 Å². The van der Waals surface area contributed by atoms with E-state index in [9.17, 15) is 18.8 Å². The summed E-state index contributed by atoms with van der Waals surface area (Å²) in [6.07, 6.45) is 2.38. The summed E-state index contributed by atoms with van der Waals surface area (Å²) >= 11 is 0. The number of nitrogens with one attached hydrogen (secondary N) is 3. The Balaban J connectivity index is 1.64. The van der Waals surface area contributed by atoms with Gasteiger partial charge in [-0.3, -0.25) is 4.79 Å². The zero-order valence-electron chi connectivity index (χ0n) is 20.9. The molecule has 0 spiro atoms. The van der Waals surface area contributed by atoms with E-state index in [1.165, 1.54) is 12.1 Å². The second-order valence-electron chi connectivity index (χ2n) is 9.43. The molecule has 0 aromatic heterocycles. The number of amides is 4. The van der Waals surface area contributed by atoms with Gasteiger partial charge < -0.3 is 35.6 Å². The number of halogens is 1. The van der Waals surface area contributed by atoms with Crippen molar-refractivity contribution in [2.75, 3.05) is 52.9 Å². The number of nitrogens with zero attached hydrogens (tertiary/aromatic N) is 2. The monoisotopic (exact) mass is 507 g/mol. The molecule has 0 bridgehead atoms. The van der Waals surface area contributed by atoms with Crippen LogP contribution in [0.1, 0.15) is 43.8 Å². The molecule has 0 aliphatic carbocycles. The molecule has 4 amide bonds. The topological polar surface area (TPSA) is 123 Å². The summed E-state index contributed by atoms with van der Waals surface area (Å²) in [5, 5.41) is 17.3. The smallest absolute Gasteiger partial charge is 0.404 e. The molecule has 4 N–H and O–H groups in total. The molecule has 11 heteroatoms. The first-order valence-corrected chi connectivity index (χ1v) is 12.7. The van der Waals surface area contributed by atoms with E-state index in [4.69, 9.17) is 9.84 Å². The summed E-state index contributed by atoms with van der Waals surface area (Å²) in [5.74, 6) is -0.331. The molecule has 3 rings (SSSR count). The number of piperidine rings is 2. The molecule has 3 atom stereocenters. The van der Waals surface area contributed by atoms with E-state index in [0.29, 0.717) is 44.7 Å². The number of ether oxygens (including phenoxy) is 1.